The Morgan fingerprint density at radius 2 is 2.04 bits per heavy atom. The second kappa shape index (κ2) is 6.31. The molecule has 7 heteroatoms. The van der Waals surface area contributed by atoms with E-state index in [0.717, 1.165) is 11.3 Å². The van der Waals surface area contributed by atoms with Crippen LogP contribution in [0.2, 0.25) is 0 Å². The van der Waals surface area contributed by atoms with Gasteiger partial charge in [0.15, 0.2) is 0 Å². The summed E-state index contributed by atoms with van der Waals surface area (Å²) in [7, 11) is 0. The van der Waals surface area contributed by atoms with Gasteiger partial charge in [-0.05, 0) is 58.4 Å². The van der Waals surface area contributed by atoms with Crippen LogP contribution in [-0.4, -0.2) is 19.9 Å². The van der Waals surface area contributed by atoms with Crippen molar-refractivity contribution in [1.29, 1.82) is 0 Å². The highest BCUT2D eigenvalue weighted by Gasteiger charge is 2.18. The number of nitrogens with zero attached hydrogens (tertiary/aromatic N) is 4. The Bertz CT molecular complexity index is 878. The minimum Gasteiger partial charge on any atom is -0.371 e. The van der Waals surface area contributed by atoms with E-state index in [0.29, 0.717) is 17.3 Å². The molecule has 25 heavy (non-hydrogen) atoms. The fourth-order valence-electron chi connectivity index (χ4n) is 2.39. The average Bonchev–Trinajstić information content (AvgIpc) is 3.18. The highest BCUT2D eigenvalue weighted by molar-refractivity contribution is 5.55. The van der Waals surface area contributed by atoms with Gasteiger partial charge in [0, 0.05) is 11.8 Å². The molecule has 2 aromatic heterocycles. The van der Waals surface area contributed by atoms with Crippen molar-refractivity contribution in [3.8, 4) is 11.4 Å². The van der Waals surface area contributed by atoms with Crippen molar-refractivity contribution in [3.63, 3.8) is 0 Å². The zero-order valence-corrected chi connectivity index (χ0v) is 15.0. The topological polar surface area (TPSA) is 68.8 Å². The van der Waals surface area contributed by atoms with Gasteiger partial charge in [0.1, 0.15) is 11.9 Å². The summed E-state index contributed by atoms with van der Waals surface area (Å²) in [6.45, 7) is 9.89. The first-order chi connectivity index (χ1) is 11.7. The summed E-state index contributed by atoms with van der Waals surface area (Å²) in [6.07, 6.45) is 3.71. The summed E-state index contributed by atoms with van der Waals surface area (Å²) < 4.78 is 20.6. The molecule has 0 aliphatic rings. The second-order valence-corrected chi connectivity index (χ2v) is 7.13. The van der Waals surface area contributed by atoms with Gasteiger partial charge in [0.25, 0.3) is 0 Å². The lowest BCUT2D eigenvalue weighted by molar-refractivity contribution is 0.355. The molecule has 0 radical (unpaired) electrons. The number of benzene rings is 1. The second-order valence-electron chi connectivity index (χ2n) is 7.13. The number of anilines is 1. The first kappa shape index (κ1) is 17.1. The lowest BCUT2D eigenvalue weighted by Crippen LogP contribution is -2.21. The first-order valence-electron chi connectivity index (χ1n) is 8.16. The number of hydrogen-bond donors (Lipinski definition) is 1. The standard InChI is InChI=1S/C18H22FN5O/c1-11-8-13(6-7-15(11)19)16-22-17(25-23-16)12(2)21-14-9-20-24(10-14)18(3,4)5/h6-10,12,21H,1-5H3. The van der Waals surface area contributed by atoms with E-state index in [1.54, 1.807) is 25.3 Å². The Balaban J connectivity index is 1.75. The van der Waals surface area contributed by atoms with E-state index in [4.69, 9.17) is 4.52 Å². The van der Waals surface area contributed by atoms with E-state index in [-0.39, 0.29) is 17.4 Å². The smallest absolute Gasteiger partial charge is 0.249 e. The van der Waals surface area contributed by atoms with Gasteiger partial charge in [-0.15, -0.1) is 0 Å². The molecular formula is C18H22FN5O. The molecule has 3 aromatic rings. The fourth-order valence-corrected chi connectivity index (χ4v) is 2.39. The van der Waals surface area contributed by atoms with Crippen LogP contribution in [0.1, 0.15) is 45.2 Å². The van der Waals surface area contributed by atoms with Crippen molar-refractivity contribution < 1.29 is 8.91 Å². The molecule has 0 fully saturated rings. The number of halogens is 1. The van der Waals surface area contributed by atoms with Crippen molar-refractivity contribution in [3.05, 3.63) is 47.9 Å². The highest BCUT2D eigenvalue weighted by atomic mass is 19.1. The predicted molar refractivity (Wildman–Crippen MR) is 93.7 cm³/mol. The van der Waals surface area contributed by atoms with Crippen LogP contribution in [0.4, 0.5) is 10.1 Å². The molecule has 1 aromatic carbocycles. The Kier molecular flexibility index (Phi) is 4.32. The van der Waals surface area contributed by atoms with Crippen molar-refractivity contribution in [2.24, 2.45) is 0 Å². The molecule has 1 atom stereocenters. The molecule has 1 unspecified atom stereocenters. The van der Waals surface area contributed by atoms with Crippen molar-refractivity contribution in [2.75, 3.05) is 5.32 Å². The van der Waals surface area contributed by atoms with E-state index >= 15 is 0 Å². The average molecular weight is 343 g/mol. The lowest BCUT2D eigenvalue weighted by atomic mass is 10.1. The maximum atomic E-state index is 13.4. The number of hydrogen-bond acceptors (Lipinski definition) is 5. The monoisotopic (exact) mass is 343 g/mol. The number of nitrogens with one attached hydrogen (secondary N) is 1. The third kappa shape index (κ3) is 3.70. The maximum Gasteiger partial charge on any atom is 0.249 e. The van der Waals surface area contributed by atoms with Crippen LogP contribution < -0.4 is 5.32 Å². The molecule has 0 aliphatic carbocycles. The van der Waals surface area contributed by atoms with Crippen LogP contribution in [0.5, 0.6) is 0 Å². The zero-order chi connectivity index (χ0) is 18.2. The van der Waals surface area contributed by atoms with Crippen molar-refractivity contribution in [2.45, 2.75) is 46.2 Å². The molecule has 3 rings (SSSR count). The normalized spacial score (nSPS) is 13.0. The number of aryl methyl sites for hydroxylation is 1. The summed E-state index contributed by atoms with van der Waals surface area (Å²) >= 11 is 0. The van der Waals surface area contributed by atoms with E-state index < -0.39 is 0 Å². The van der Waals surface area contributed by atoms with Crippen LogP contribution in [0, 0.1) is 12.7 Å². The third-order valence-electron chi connectivity index (χ3n) is 3.88. The summed E-state index contributed by atoms with van der Waals surface area (Å²) in [5.74, 6) is 0.649. The van der Waals surface area contributed by atoms with Crippen LogP contribution in [0.15, 0.2) is 35.1 Å². The van der Waals surface area contributed by atoms with E-state index in [2.05, 4.69) is 41.3 Å². The molecule has 6 nitrogen and oxygen atoms in total. The highest BCUT2D eigenvalue weighted by Crippen LogP contribution is 2.24. The quantitative estimate of drug-likeness (QED) is 0.764. The molecule has 0 spiro atoms. The number of aromatic nitrogens is 4. The fraction of sp³-hybridized carbons (Fsp3) is 0.389. The Hall–Kier alpha value is -2.70. The molecule has 0 aliphatic heterocycles. The van der Waals surface area contributed by atoms with E-state index in [9.17, 15) is 4.39 Å². The van der Waals surface area contributed by atoms with Crippen molar-refractivity contribution in [1.82, 2.24) is 19.9 Å². The summed E-state index contributed by atoms with van der Waals surface area (Å²) in [4.78, 5) is 4.41. The maximum absolute atomic E-state index is 13.4. The molecule has 132 valence electrons. The Labute approximate surface area is 146 Å². The molecule has 2 heterocycles. The summed E-state index contributed by atoms with van der Waals surface area (Å²) in [5, 5.41) is 11.6. The van der Waals surface area contributed by atoms with Gasteiger partial charge in [-0.1, -0.05) is 5.16 Å². The van der Waals surface area contributed by atoms with Crippen LogP contribution in [0.3, 0.4) is 0 Å². The van der Waals surface area contributed by atoms with Crippen molar-refractivity contribution >= 4 is 5.69 Å². The van der Waals surface area contributed by atoms with Gasteiger partial charge in [0.05, 0.1) is 17.4 Å². The van der Waals surface area contributed by atoms with Gasteiger partial charge < -0.3 is 9.84 Å². The summed E-state index contributed by atoms with van der Waals surface area (Å²) in [6, 6.07) is 4.57. The van der Waals surface area contributed by atoms with Gasteiger partial charge in [-0.2, -0.15) is 10.1 Å². The third-order valence-corrected chi connectivity index (χ3v) is 3.88. The molecule has 0 saturated heterocycles. The lowest BCUT2D eigenvalue weighted by Gasteiger charge is -2.18. The van der Waals surface area contributed by atoms with Crippen LogP contribution in [-0.2, 0) is 5.54 Å². The molecule has 1 N–H and O–H groups in total. The first-order valence-corrected chi connectivity index (χ1v) is 8.16. The van der Waals surface area contributed by atoms with Gasteiger partial charge >= 0.3 is 0 Å². The minimum atomic E-state index is -0.252. The molecular weight excluding hydrogens is 321 g/mol. The minimum absolute atomic E-state index is 0.0821. The zero-order valence-electron chi connectivity index (χ0n) is 15.0. The van der Waals surface area contributed by atoms with Crippen LogP contribution in [0.25, 0.3) is 11.4 Å². The van der Waals surface area contributed by atoms with E-state index in [1.165, 1.54) is 6.07 Å². The predicted octanol–water partition coefficient (Wildman–Crippen LogP) is 4.31. The molecule has 0 bridgehead atoms. The summed E-state index contributed by atoms with van der Waals surface area (Å²) in [5.41, 5.74) is 2.06. The van der Waals surface area contributed by atoms with Crippen LogP contribution >= 0.6 is 0 Å². The Morgan fingerprint density at radius 3 is 2.68 bits per heavy atom. The van der Waals surface area contributed by atoms with Gasteiger partial charge in [-0.25, -0.2) is 4.39 Å². The number of rotatable bonds is 4. The largest absolute Gasteiger partial charge is 0.371 e. The Morgan fingerprint density at radius 1 is 1.28 bits per heavy atom. The van der Waals surface area contributed by atoms with E-state index in [1.807, 2.05) is 17.8 Å². The molecule has 0 amide bonds. The van der Waals surface area contributed by atoms with Gasteiger partial charge in [-0.3, -0.25) is 4.68 Å². The SMILES string of the molecule is Cc1cc(-c2noc(C(C)Nc3cnn(C(C)(C)C)c3)n2)ccc1F. The van der Waals surface area contributed by atoms with Gasteiger partial charge in [0.2, 0.25) is 11.7 Å². The molecule has 0 saturated carbocycles.